The van der Waals surface area contributed by atoms with Gasteiger partial charge in [0.25, 0.3) is 0 Å². The molecular formula is C17H25N3S. The van der Waals surface area contributed by atoms with E-state index in [1.807, 2.05) is 23.7 Å². The van der Waals surface area contributed by atoms with Gasteiger partial charge in [-0.05, 0) is 50.3 Å². The second-order valence-corrected chi connectivity index (χ2v) is 7.07. The lowest BCUT2D eigenvalue weighted by Gasteiger charge is -2.16. The standard InChI is InChI=1S/C17H25N3S/c1-2-8-18-14(12-17-19-9-10-20-17)16-11-13-6-4-3-5-7-15(13)21-16/h9-11,14,18H,2-8,12H2,1H3,(H,19,20). The number of aromatic nitrogens is 2. The lowest BCUT2D eigenvalue weighted by molar-refractivity contribution is 0.527. The first-order valence-electron chi connectivity index (χ1n) is 8.20. The average Bonchev–Trinajstić information content (AvgIpc) is 3.09. The van der Waals surface area contributed by atoms with Crippen LogP contribution in [-0.2, 0) is 19.3 Å². The minimum Gasteiger partial charge on any atom is -0.349 e. The number of aromatic amines is 1. The van der Waals surface area contributed by atoms with Crippen LogP contribution in [0.15, 0.2) is 18.5 Å². The van der Waals surface area contributed by atoms with Gasteiger partial charge in [0.15, 0.2) is 0 Å². The second-order valence-electron chi connectivity index (χ2n) is 5.90. The molecule has 0 saturated heterocycles. The summed E-state index contributed by atoms with van der Waals surface area (Å²) in [4.78, 5) is 10.8. The Kier molecular flexibility index (Phi) is 5.09. The molecule has 1 unspecified atom stereocenters. The predicted octanol–water partition coefficient (Wildman–Crippen LogP) is 4.02. The van der Waals surface area contributed by atoms with E-state index >= 15 is 0 Å². The highest BCUT2D eigenvalue weighted by Crippen LogP contribution is 2.33. The minimum atomic E-state index is 0.396. The maximum atomic E-state index is 4.40. The third kappa shape index (κ3) is 3.74. The molecule has 0 bridgehead atoms. The largest absolute Gasteiger partial charge is 0.349 e. The topological polar surface area (TPSA) is 40.7 Å². The van der Waals surface area contributed by atoms with Gasteiger partial charge in [-0.2, -0.15) is 0 Å². The van der Waals surface area contributed by atoms with Crippen molar-refractivity contribution in [3.8, 4) is 0 Å². The molecule has 2 aromatic rings. The maximum absolute atomic E-state index is 4.40. The number of hydrogen-bond donors (Lipinski definition) is 2. The lowest BCUT2D eigenvalue weighted by Crippen LogP contribution is -2.23. The second kappa shape index (κ2) is 7.23. The fourth-order valence-electron chi connectivity index (χ4n) is 3.06. The summed E-state index contributed by atoms with van der Waals surface area (Å²) in [6, 6.07) is 2.86. The molecule has 0 aromatic carbocycles. The van der Waals surface area contributed by atoms with E-state index in [2.05, 4.69) is 28.3 Å². The molecule has 114 valence electrons. The van der Waals surface area contributed by atoms with Crippen LogP contribution in [0.3, 0.4) is 0 Å². The smallest absolute Gasteiger partial charge is 0.107 e. The summed E-state index contributed by atoms with van der Waals surface area (Å²) in [5.41, 5.74) is 1.61. The maximum Gasteiger partial charge on any atom is 0.107 e. The van der Waals surface area contributed by atoms with Crippen LogP contribution in [0.1, 0.15) is 59.8 Å². The van der Waals surface area contributed by atoms with Crippen molar-refractivity contribution >= 4 is 11.3 Å². The molecular weight excluding hydrogens is 278 g/mol. The van der Waals surface area contributed by atoms with Crippen LogP contribution >= 0.6 is 11.3 Å². The first kappa shape index (κ1) is 14.8. The number of nitrogens with one attached hydrogen (secondary N) is 2. The third-order valence-corrected chi connectivity index (χ3v) is 5.55. The summed E-state index contributed by atoms with van der Waals surface area (Å²) in [6.45, 7) is 3.29. The van der Waals surface area contributed by atoms with E-state index in [4.69, 9.17) is 0 Å². The monoisotopic (exact) mass is 303 g/mol. The molecule has 0 spiro atoms. The van der Waals surface area contributed by atoms with Crippen molar-refractivity contribution in [3.63, 3.8) is 0 Å². The number of imidazole rings is 1. The Hall–Kier alpha value is -1.13. The number of aryl methyl sites for hydroxylation is 2. The van der Waals surface area contributed by atoms with Crippen LogP contribution in [0.5, 0.6) is 0 Å². The highest BCUT2D eigenvalue weighted by molar-refractivity contribution is 7.12. The quantitative estimate of drug-likeness (QED) is 0.791. The van der Waals surface area contributed by atoms with E-state index in [9.17, 15) is 0 Å². The number of H-pyrrole nitrogens is 1. The molecule has 21 heavy (non-hydrogen) atoms. The van der Waals surface area contributed by atoms with Crippen molar-refractivity contribution in [3.05, 3.63) is 39.6 Å². The van der Waals surface area contributed by atoms with Gasteiger partial charge in [-0.1, -0.05) is 13.3 Å². The minimum absolute atomic E-state index is 0.396. The summed E-state index contributed by atoms with van der Waals surface area (Å²) < 4.78 is 0. The summed E-state index contributed by atoms with van der Waals surface area (Å²) in [7, 11) is 0. The Labute approximate surface area is 131 Å². The zero-order valence-electron chi connectivity index (χ0n) is 12.8. The van der Waals surface area contributed by atoms with Crippen molar-refractivity contribution in [2.24, 2.45) is 0 Å². The molecule has 0 aliphatic heterocycles. The molecule has 3 rings (SSSR count). The number of rotatable bonds is 6. The molecule has 0 amide bonds. The van der Waals surface area contributed by atoms with Gasteiger partial charge in [-0.3, -0.25) is 0 Å². The first-order chi connectivity index (χ1) is 10.4. The lowest BCUT2D eigenvalue weighted by atomic mass is 10.1. The van der Waals surface area contributed by atoms with E-state index in [0.717, 1.165) is 18.8 Å². The number of nitrogens with zero attached hydrogens (tertiary/aromatic N) is 1. The van der Waals surface area contributed by atoms with Crippen molar-refractivity contribution in [2.45, 2.75) is 57.9 Å². The van der Waals surface area contributed by atoms with Gasteiger partial charge in [-0.25, -0.2) is 4.98 Å². The van der Waals surface area contributed by atoms with Gasteiger partial charge < -0.3 is 10.3 Å². The highest BCUT2D eigenvalue weighted by Gasteiger charge is 2.19. The van der Waals surface area contributed by atoms with E-state index < -0.39 is 0 Å². The van der Waals surface area contributed by atoms with Crippen LogP contribution < -0.4 is 5.32 Å². The Bertz CT molecular complexity index is 521. The summed E-state index contributed by atoms with van der Waals surface area (Å²) in [5.74, 6) is 1.08. The molecule has 4 heteroatoms. The Morgan fingerprint density at radius 1 is 1.33 bits per heavy atom. The zero-order chi connectivity index (χ0) is 14.5. The molecule has 1 aliphatic carbocycles. The SMILES string of the molecule is CCCNC(Cc1ncc[nH]1)c1cc2c(s1)CCCCC2. The van der Waals surface area contributed by atoms with E-state index in [-0.39, 0.29) is 0 Å². The van der Waals surface area contributed by atoms with Crippen LogP contribution in [0.4, 0.5) is 0 Å². The molecule has 2 aromatic heterocycles. The van der Waals surface area contributed by atoms with Gasteiger partial charge in [0.2, 0.25) is 0 Å². The third-order valence-electron chi connectivity index (χ3n) is 4.20. The number of fused-ring (bicyclic) bond motifs is 1. The Morgan fingerprint density at radius 2 is 2.24 bits per heavy atom. The molecule has 3 nitrogen and oxygen atoms in total. The van der Waals surface area contributed by atoms with Crippen molar-refractivity contribution in [1.29, 1.82) is 0 Å². The summed E-state index contributed by atoms with van der Waals surface area (Å²) in [6.07, 6.45) is 12.5. The van der Waals surface area contributed by atoms with Gasteiger partial charge in [-0.15, -0.1) is 11.3 Å². The molecule has 1 aliphatic rings. The van der Waals surface area contributed by atoms with Gasteiger partial charge in [0, 0.05) is 34.6 Å². The number of hydrogen-bond acceptors (Lipinski definition) is 3. The van der Waals surface area contributed by atoms with Crippen LogP contribution in [0.25, 0.3) is 0 Å². The Balaban J connectivity index is 1.78. The van der Waals surface area contributed by atoms with Crippen molar-refractivity contribution in [1.82, 2.24) is 15.3 Å². The molecule has 0 radical (unpaired) electrons. The molecule has 2 N–H and O–H groups in total. The van der Waals surface area contributed by atoms with Crippen LogP contribution in [0, 0.1) is 0 Å². The van der Waals surface area contributed by atoms with E-state index in [0.29, 0.717) is 6.04 Å². The molecule has 1 atom stereocenters. The fraction of sp³-hybridized carbons (Fsp3) is 0.588. The van der Waals surface area contributed by atoms with Gasteiger partial charge in [0.1, 0.15) is 5.82 Å². The average molecular weight is 303 g/mol. The van der Waals surface area contributed by atoms with Crippen LogP contribution in [0.2, 0.25) is 0 Å². The molecule has 0 fully saturated rings. The van der Waals surface area contributed by atoms with Crippen molar-refractivity contribution in [2.75, 3.05) is 6.54 Å². The normalized spacial score (nSPS) is 16.4. The van der Waals surface area contributed by atoms with E-state index in [1.54, 1.807) is 10.4 Å². The zero-order valence-corrected chi connectivity index (χ0v) is 13.6. The summed E-state index contributed by atoms with van der Waals surface area (Å²) >= 11 is 2.02. The van der Waals surface area contributed by atoms with Crippen LogP contribution in [-0.4, -0.2) is 16.5 Å². The van der Waals surface area contributed by atoms with E-state index in [1.165, 1.54) is 43.4 Å². The summed E-state index contributed by atoms with van der Waals surface area (Å²) in [5, 5.41) is 3.70. The first-order valence-corrected chi connectivity index (χ1v) is 9.01. The fourth-order valence-corrected chi connectivity index (χ4v) is 4.39. The van der Waals surface area contributed by atoms with Crippen molar-refractivity contribution < 1.29 is 0 Å². The molecule has 2 heterocycles. The van der Waals surface area contributed by atoms with Gasteiger partial charge in [0.05, 0.1) is 0 Å². The van der Waals surface area contributed by atoms with Gasteiger partial charge >= 0.3 is 0 Å². The highest BCUT2D eigenvalue weighted by atomic mass is 32.1. The predicted molar refractivity (Wildman–Crippen MR) is 88.9 cm³/mol. The number of thiophene rings is 1. The Morgan fingerprint density at radius 3 is 3.05 bits per heavy atom. The molecule has 0 saturated carbocycles.